The van der Waals surface area contributed by atoms with Crippen LogP contribution in [-0.2, 0) is 10.1 Å². The first kappa shape index (κ1) is 16.3. The summed E-state index contributed by atoms with van der Waals surface area (Å²) in [6.45, 7) is 3.98. The van der Waals surface area contributed by atoms with Gasteiger partial charge in [-0.3, -0.25) is 4.55 Å². The smallest absolute Gasteiger partial charge is 0.294 e. The summed E-state index contributed by atoms with van der Waals surface area (Å²) in [7, 11) is -4.40. The second-order valence-electron chi connectivity index (χ2n) is 5.86. The monoisotopic (exact) mass is 343 g/mol. The number of benzene rings is 3. The van der Waals surface area contributed by atoms with Crippen LogP contribution < -0.4 is 5.73 Å². The highest BCUT2D eigenvalue weighted by Gasteiger charge is 2.17. The molecule has 0 aliphatic carbocycles. The minimum atomic E-state index is -4.40. The normalized spacial score (nSPS) is 11.8. The Morgan fingerprint density at radius 3 is 2.25 bits per heavy atom. The molecule has 0 bridgehead atoms. The van der Waals surface area contributed by atoms with Gasteiger partial charge in [-0.1, -0.05) is 35.9 Å². The zero-order chi connectivity index (χ0) is 17.6. The Kier molecular flexibility index (Phi) is 3.74. The van der Waals surface area contributed by atoms with Crippen LogP contribution in [0.3, 0.4) is 0 Å². The number of phenols is 1. The van der Waals surface area contributed by atoms with E-state index in [1.54, 1.807) is 12.1 Å². The zero-order valence-corrected chi connectivity index (χ0v) is 14.1. The van der Waals surface area contributed by atoms with E-state index in [9.17, 15) is 13.5 Å². The molecule has 5 nitrogen and oxygen atoms in total. The third-order valence-corrected chi connectivity index (χ3v) is 4.91. The number of nitrogens with two attached hydrogens (primary N) is 1. The van der Waals surface area contributed by atoms with Crippen LogP contribution in [0.15, 0.2) is 47.4 Å². The highest BCUT2D eigenvalue weighted by atomic mass is 32.2. The van der Waals surface area contributed by atoms with E-state index >= 15 is 0 Å². The molecule has 0 saturated heterocycles. The van der Waals surface area contributed by atoms with Gasteiger partial charge in [0, 0.05) is 17.0 Å². The van der Waals surface area contributed by atoms with E-state index in [0.717, 1.165) is 28.3 Å². The first-order valence-corrected chi connectivity index (χ1v) is 8.73. The number of hydrogen-bond acceptors (Lipinski definition) is 4. The van der Waals surface area contributed by atoms with Gasteiger partial charge in [-0.25, -0.2) is 0 Å². The van der Waals surface area contributed by atoms with Crippen molar-refractivity contribution in [2.24, 2.45) is 0 Å². The number of hydrogen-bond donors (Lipinski definition) is 3. The van der Waals surface area contributed by atoms with Crippen molar-refractivity contribution in [1.29, 1.82) is 0 Å². The van der Waals surface area contributed by atoms with Crippen LogP contribution in [0.5, 0.6) is 5.75 Å². The summed E-state index contributed by atoms with van der Waals surface area (Å²) in [6.07, 6.45) is 0. The number of aryl methyl sites for hydroxylation is 2. The van der Waals surface area contributed by atoms with Gasteiger partial charge in [0.2, 0.25) is 0 Å². The van der Waals surface area contributed by atoms with Crippen LogP contribution in [0.25, 0.3) is 21.9 Å². The van der Waals surface area contributed by atoms with Crippen LogP contribution in [0.1, 0.15) is 11.1 Å². The topological polar surface area (TPSA) is 101 Å². The Labute approximate surface area is 140 Å². The SMILES string of the molecule is Cc1ccc(-c2ccc3cc(S(=O)(=O)O)cc(O)c3c2N)c(C)c1. The van der Waals surface area contributed by atoms with Crippen molar-refractivity contribution in [3.63, 3.8) is 0 Å². The number of rotatable bonds is 2. The van der Waals surface area contributed by atoms with Crippen LogP contribution in [0.2, 0.25) is 0 Å². The summed E-state index contributed by atoms with van der Waals surface area (Å²) in [5.74, 6) is -0.288. The molecule has 124 valence electrons. The molecule has 0 amide bonds. The Balaban J connectivity index is 2.31. The lowest BCUT2D eigenvalue weighted by atomic mass is 9.94. The summed E-state index contributed by atoms with van der Waals surface area (Å²) >= 11 is 0. The minimum Gasteiger partial charge on any atom is -0.507 e. The van der Waals surface area contributed by atoms with Gasteiger partial charge in [0.1, 0.15) is 5.75 Å². The summed E-state index contributed by atoms with van der Waals surface area (Å²) in [6, 6.07) is 11.7. The number of anilines is 1. The number of nitrogen functional groups attached to an aromatic ring is 1. The predicted octanol–water partition coefficient (Wildman–Crippen LogP) is 3.66. The van der Waals surface area contributed by atoms with Gasteiger partial charge in [-0.05, 0) is 36.4 Å². The third kappa shape index (κ3) is 2.70. The van der Waals surface area contributed by atoms with E-state index in [2.05, 4.69) is 0 Å². The average molecular weight is 343 g/mol. The lowest BCUT2D eigenvalue weighted by Gasteiger charge is -2.14. The molecule has 0 heterocycles. The Morgan fingerprint density at radius 2 is 1.62 bits per heavy atom. The van der Waals surface area contributed by atoms with Gasteiger partial charge in [0.05, 0.1) is 10.6 Å². The van der Waals surface area contributed by atoms with Crippen LogP contribution >= 0.6 is 0 Å². The Bertz CT molecular complexity index is 1070. The largest absolute Gasteiger partial charge is 0.507 e. The summed E-state index contributed by atoms with van der Waals surface area (Å²) < 4.78 is 31.8. The fourth-order valence-electron chi connectivity index (χ4n) is 2.94. The van der Waals surface area contributed by atoms with E-state index in [1.165, 1.54) is 6.07 Å². The van der Waals surface area contributed by atoms with Crippen molar-refractivity contribution in [2.75, 3.05) is 5.73 Å². The van der Waals surface area contributed by atoms with Crippen LogP contribution in [-0.4, -0.2) is 18.1 Å². The molecule has 24 heavy (non-hydrogen) atoms. The van der Waals surface area contributed by atoms with Crippen molar-refractivity contribution >= 4 is 26.6 Å². The standard InChI is InChI=1S/C18H17NO4S/c1-10-3-5-14(11(2)7-10)15-6-4-12-8-13(24(21,22)23)9-16(20)17(12)18(15)19/h3-9,20H,19H2,1-2H3,(H,21,22,23). The van der Waals surface area contributed by atoms with E-state index in [0.29, 0.717) is 16.5 Å². The van der Waals surface area contributed by atoms with Crippen molar-refractivity contribution in [3.8, 4) is 16.9 Å². The van der Waals surface area contributed by atoms with Crippen molar-refractivity contribution in [2.45, 2.75) is 18.7 Å². The van der Waals surface area contributed by atoms with Gasteiger partial charge in [-0.15, -0.1) is 0 Å². The Hall–Kier alpha value is -2.57. The molecule has 0 unspecified atom stereocenters. The maximum atomic E-state index is 11.3. The molecule has 6 heteroatoms. The lowest BCUT2D eigenvalue weighted by Crippen LogP contribution is -1.99. The van der Waals surface area contributed by atoms with E-state index in [1.807, 2.05) is 32.0 Å². The van der Waals surface area contributed by atoms with Crippen molar-refractivity contribution < 1.29 is 18.1 Å². The molecule has 4 N–H and O–H groups in total. The van der Waals surface area contributed by atoms with Gasteiger partial charge in [0.25, 0.3) is 10.1 Å². The maximum absolute atomic E-state index is 11.3. The Morgan fingerprint density at radius 1 is 0.958 bits per heavy atom. The van der Waals surface area contributed by atoms with Gasteiger partial charge < -0.3 is 10.8 Å². The van der Waals surface area contributed by atoms with Crippen molar-refractivity contribution in [1.82, 2.24) is 0 Å². The fraction of sp³-hybridized carbons (Fsp3) is 0.111. The minimum absolute atomic E-state index is 0.288. The molecule has 0 aliphatic heterocycles. The number of fused-ring (bicyclic) bond motifs is 1. The number of phenolic OH excluding ortho intramolecular Hbond substituents is 1. The molecule has 0 fully saturated rings. The van der Waals surface area contributed by atoms with E-state index < -0.39 is 10.1 Å². The first-order valence-electron chi connectivity index (χ1n) is 7.29. The highest BCUT2D eigenvalue weighted by Crippen LogP contribution is 2.39. The van der Waals surface area contributed by atoms with Gasteiger partial charge >= 0.3 is 0 Å². The molecule has 0 atom stereocenters. The van der Waals surface area contributed by atoms with Gasteiger partial charge in [0.15, 0.2) is 0 Å². The average Bonchev–Trinajstić information content (AvgIpc) is 2.47. The molecule has 0 aliphatic rings. The summed E-state index contributed by atoms with van der Waals surface area (Å²) in [5, 5.41) is 11.0. The lowest BCUT2D eigenvalue weighted by molar-refractivity contribution is 0.471. The van der Waals surface area contributed by atoms with E-state index in [4.69, 9.17) is 10.3 Å². The fourth-order valence-corrected chi connectivity index (χ4v) is 3.48. The third-order valence-electron chi connectivity index (χ3n) is 4.08. The zero-order valence-electron chi connectivity index (χ0n) is 13.2. The highest BCUT2D eigenvalue weighted by molar-refractivity contribution is 7.85. The van der Waals surface area contributed by atoms with Crippen molar-refractivity contribution in [3.05, 3.63) is 53.6 Å². The predicted molar refractivity (Wildman–Crippen MR) is 94.7 cm³/mol. The molecule has 0 saturated carbocycles. The number of aromatic hydroxyl groups is 1. The first-order chi connectivity index (χ1) is 11.2. The molecule has 3 aromatic carbocycles. The summed E-state index contributed by atoms with van der Waals surface area (Å²) in [5.41, 5.74) is 10.5. The quantitative estimate of drug-likeness (QED) is 0.487. The molecule has 3 rings (SSSR count). The molecular formula is C18H17NO4S. The van der Waals surface area contributed by atoms with Gasteiger partial charge in [-0.2, -0.15) is 8.42 Å². The molecule has 3 aromatic rings. The second-order valence-corrected chi connectivity index (χ2v) is 7.28. The van der Waals surface area contributed by atoms with Crippen LogP contribution in [0, 0.1) is 13.8 Å². The summed E-state index contributed by atoms with van der Waals surface area (Å²) in [4.78, 5) is -0.369. The maximum Gasteiger partial charge on any atom is 0.294 e. The second kappa shape index (κ2) is 5.51. The van der Waals surface area contributed by atoms with Crippen LogP contribution in [0.4, 0.5) is 5.69 Å². The molecular weight excluding hydrogens is 326 g/mol. The molecule has 0 radical (unpaired) electrons. The molecule has 0 aromatic heterocycles. The molecule has 0 spiro atoms. The van der Waals surface area contributed by atoms with E-state index in [-0.39, 0.29) is 10.6 Å².